The third-order valence-corrected chi connectivity index (χ3v) is 2.96. The van der Waals surface area contributed by atoms with Gasteiger partial charge in [0.1, 0.15) is 0 Å². The molecule has 1 aliphatic rings. The lowest BCUT2D eigenvalue weighted by atomic mass is 9.98. The van der Waals surface area contributed by atoms with E-state index in [0.29, 0.717) is 12.5 Å². The summed E-state index contributed by atoms with van der Waals surface area (Å²) >= 11 is 0. The first-order chi connectivity index (χ1) is 6.53. The quantitative estimate of drug-likeness (QED) is 0.720. The second kappa shape index (κ2) is 4.78. The van der Waals surface area contributed by atoms with E-state index in [-0.39, 0.29) is 11.4 Å². The first-order valence-electron chi connectivity index (χ1n) is 5.58. The van der Waals surface area contributed by atoms with Crippen LogP contribution in [0.4, 0.5) is 0 Å². The molecule has 0 aromatic rings. The Labute approximate surface area is 86.6 Å². The summed E-state index contributed by atoms with van der Waals surface area (Å²) in [5.41, 5.74) is 0.148. The Balaban J connectivity index is 2.46. The first-order valence-corrected chi connectivity index (χ1v) is 5.58. The highest BCUT2D eigenvalue weighted by molar-refractivity contribution is 5.76. The Morgan fingerprint density at radius 3 is 2.93 bits per heavy atom. The number of rotatable bonds is 3. The molecule has 2 N–H and O–H groups in total. The summed E-state index contributed by atoms with van der Waals surface area (Å²) in [7, 11) is 0. The molecule has 1 fully saturated rings. The van der Waals surface area contributed by atoms with Gasteiger partial charge in [0, 0.05) is 24.5 Å². The molecule has 1 rings (SSSR count). The van der Waals surface area contributed by atoms with Crippen LogP contribution in [0.3, 0.4) is 0 Å². The summed E-state index contributed by atoms with van der Waals surface area (Å²) in [5, 5.41) is 6.45. The number of hydrogen-bond donors (Lipinski definition) is 2. The highest BCUT2D eigenvalue weighted by atomic mass is 16.1. The maximum Gasteiger partial charge on any atom is 0.221 e. The van der Waals surface area contributed by atoms with Crippen LogP contribution >= 0.6 is 0 Å². The predicted molar refractivity (Wildman–Crippen MR) is 58.2 cm³/mol. The summed E-state index contributed by atoms with van der Waals surface area (Å²) in [6.45, 7) is 7.39. The molecule has 0 spiro atoms. The van der Waals surface area contributed by atoms with Crippen molar-refractivity contribution in [3.05, 3.63) is 0 Å². The summed E-state index contributed by atoms with van der Waals surface area (Å²) in [4.78, 5) is 11.3. The Morgan fingerprint density at radius 1 is 1.57 bits per heavy atom. The zero-order valence-electron chi connectivity index (χ0n) is 9.52. The minimum atomic E-state index is 0.148. The summed E-state index contributed by atoms with van der Waals surface area (Å²) in [6, 6.07) is 0.354. The lowest BCUT2D eigenvalue weighted by Crippen LogP contribution is -2.46. The van der Waals surface area contributed by atoms with Gasteiger partial charge in [-0.05, 0) is 33.1 Å². The van der Waals surface area contributed by atoms with Crippen LogP contribution in [0.15, 0.2) is 0 Å². The van der Waals surface area contributed by atoms with Crippen molar-refractivity contribution in [2.24, 2.45) is 0 Å². The lowest BCUT2D eigenvalue weighted by Gasteiger charge is -2.30. The van der Waals surface area contributed by atoms with Crippen LogP contribution in [-0.2, 0) is 4.79 Å². The van der Waals surface area contributed by atoms with Crippen LogP contribution in [-0.4, -0.2) is 24.0 Å². The summed E-state index contributed by atoms with van der Waals surface area (Å²) < 4.78 is 0. The molecule has 0 aliphatic carbocycles. The molecule has 3 nitrogen and oxygen atoms in total. The van der Waals surface area contributed by atoms with Gasteiger partial charge in [-0.15, -0.1) is 0 Å². The highest BCUT2D eigenvalue weighted by Crippen LogP contribution is 2.14. The van der Waals surface area contributed by atoms with Crippen molar-refractivity contribution < 1.29 is 4.79 Å². The first kappa shape index (κ1) is 11.5. The van der Waals surface area contributed by atoms with E-state index in [1.165, 1.54) is 0 Å². The van der Waals surface area contributed by atoms with E-state index < -0.39 is 0 Å². The van der Waals surface area contributed by atoms with E-state index >= 15 is 0 Å². The normalized spacial score (nSPS) is 24.2. The molecule has 1 atom stereocenters. The molecule has 0 aromatic carbocycles. The molecule has 1 unspecified atom stereocenters. The van der Waals surface area contributed by atoms with Crippen LogP contribution in [0.5, 0.6) is 0 Å². The molecule has 1 saturated heterocycles. The summed E-state index contributed by atoms with van der Waals surface area (Å²) in [6.07, 6.45) is 3.90. The van der Waals surface area contributed by atoms with E-state index in [0.717, 1.165) is 25.8 Å². The van der Waals surface area contributed by atoms with Gasteiger partial charge in [0.25, 0.3) is 0 Å². The second-order valence-electron chi connectivity index (χ2n) is 4.78. The minimum absolute atomic E-state index is 0.148. The molecule has 1 aliphatic heterocycles. The molecule has 3 heteroatoms. The van der Waals surface area contributed by atoms with Gasteiger partial charge in [0.15, 0.2) is 0 Å². The summed E-state index contributed by atoms with van der Waals surface area (Å²) in [5.74, 6) is 0.187. The van der Waals surface area contributed by atoms with Crippen LogP contribution in [0, 0.1) is 0 Å². The number of nitrogens with one attached hydrogen (secondary N) is 2. The molecule has 0 radical (unpaired) electrons. The van der Waals surface area contributed by atoms with Crippen molar-refractivity contribution in [2.75, 3.05) is 6.54 Å². The van der Waals surface area contributed by atoms with Gasteiger partial charge in [-0.3, -0.25) is 4.79 Å². The van der Waals surface area contributed by atoms with Gasteiger partial charge in [0.05, 0.1) is 0 Å². The zero-order chi connectivity index (χ0) is 10.6. The zero-order valence-corrected chi connectivity index (χ0v) is 9.52. The van der Waals surface area contributed by atoms with E-state index in [1.807, 2.05) is 0 Å². The minimum Gasteiger partial charge on any atom is -0.356 e. The average molecular weight is 198 g/mol. The topological polar surface area (TPSA) is 41.1 Å². The Morgan fingerprint density at radius 2 is 2.29 bits per heavy atom. The molecule has 0 aromatic heterocycles. The van der Waals surface area contributed by atoms with Gasteiger partial charge < -0.3 is 10.6 Å². The van der Waals surface area contributed by atoms with Gasteiger partial charge in [-0.1, -0.05) is 6.92 Å². The van der Waals surface area contributed by atoms with Gasteiger partial charge in [-0.25, -0.2) is 0 Å². The number of carbonyl (C=O) groups is 1. The second-order valence-corrected chi connectivity index (χ2v) is 4.78. The van der Waals surface area contributed by atoms with Gasteiger partial charge >= 0.3 is 0 Å². The largest absolute Gasteiger partial charge is 0.356 e. The smallest absolute Gasteiger partial charge is 0.221 e. The standard InChI is InChI=1S/C11H22N2O/c1-4-11(2,3)13-9-6-5-7-12-10(14)8-9/h9,13H,4-8H2,1-3H3,(H,12,14). The Bertz CT molecular complexity index is 201. The fourth-order valence-electron chi connectivity index (χ4n) is 1.75. The van der Waals surface area contributed by atoms with Crippen molar-refractivity contribution in [3.8, 4) is 0 Å². The molecule has 1 heterocycles. The maximum absolute atomic E-state index is 11.3. The molecular weight excluding hydrogens is 176 g/mol. The SMILES string of the molecule is CCC(C)(C)NC1CCCNC(=O)C1. The van der Waals surface area contributed by atoms with E-state index in [9.17, 15) is 4.79 Å². The van der Waals surface area contributed by atoms with E-state index in [4.69, 9.17) is 0 Å². The Kier molecular flexibility index (Phi) is 3.93. The van der Waals surface area contributed by atoms with Gasteiger partial charge in [-0.2, -0.15) is 0 Å². The predicted octanol–water partition coefficient (Wildman–Crippen LogP) is 1.43. The highest BCUT2D eigenvalue weighted by Gasteiger charge is 2.23. The fourth-order valence-corrected chi connectivity index (χ4v) is 1.75. The van der Waals surface area contributed by atoms with Crippen LogP contribution in [0.2, 0.25) is 0 Å². The monoisotopic (exact) mass is 198 g/mol. The molecule has 1 amide bonds. The average Bonchev–Trinajstić information content (AvgIpc) is 2.29. The number of carbonyl (C=O) groups excluding carboxylic acids is 1. The molecule has 0 saturated carbocycles. The number of amides is 1. The van der Waals surface area contributed by atoms with Gasteiger partial charge in [0.2, 0.25) is 5.91 Å². The third kappa shape index (κ3) is 3.66. The Hall–Kier alpha value is -0.570. The molecular formula is C11H22N2O. The molecule has 82 valence electrons. The van der Waals surface area contributed by atoms with Crippen molar-refractivity contribution in [3.63, 3.8) is 0 Å². The third-order valence-electron chi connectivity index (χ3n) is 2.96. The molecule has 0 bridgehead atoms. The van der Waals surface area contributed by atoms with Crippen molar-refractivity contribution in [2.45, 2.75) is 58.0 Å². The van der Waals surface area contributed by atoms with E-state index in [2.05, 4.69) is 31.4 Å². The van der Waals surface area contributed by atoms with Crippen molar-refractivity contribution in [1.29, 1.82) is 0 Å². The fraction of sp³-hybridized carbons (Fsp3) is 0.909. The maximum atomic E-state index is 11.3. The van der Waals surface area contributed by atoms with Crippen molar-refractivity contribution in [1.82, 2.24) is 10.6 Å². The van der Waals surface area contributed by atoms with Crippen LogP contribution in [0.1, 0.15) is 46.5 Å². The van der Waals surface area contributed by atoms with E-state index in [1.54, 1.807) is 0 Å². The van der Waals surface area contributed by atoms with Crippen molar-refractivity contribution >= 4 is 5.91 Å². The number of hydrogen-bond acceptors (Lipinski definition) is 2. The molecule has 14 heavy (non-hydrogen) atoms. The lowest BCUT2D eigenvalue weighted by molar-refractivity contribution is -0.121. The van der Waals surface area contributed by atoms with Crippen LogP contribution < -0.4 is 10.6 Å². The van der Waals surface area contributed by atoms with Crippen LogP contribution in [0.25, 0.3) is 0 Å².